The first-order valence-electron chi connectivity index (χ1n) is 6.04. The second-order valence-electron chi connectivity index (χ2n) is 4.54. The van der Waals surface area contributed by atoms with Crippen molar-refractivity contribution < 1.29 is 19.3 Å². The molecule has 5 N–H and O–H groups in total. The van der Waals surface area contributed by atoms with Crippen LogP contribution in [0.25, 0.3) is 0 Å². The summed E-state index contributed by atoms with van der Waals surface area (Å²) in [6, 6.07) is 1.06. The maximum absolute atomic E-state index is 12.3. The molecule has 0 saturated carbocycles. The third-order valence-electron chi connectivity index (χ3n) is 3.21. The number of aromatic nitrogens is 2. The number of aromatic amines is 1. The highest BCUT2D eigenvalue weighted by molar-refractivity contribution is 5.25. The van der Waals surface area contributed by atoms with Gasteiger partial charge in [0.2, 0.25) is 0 Å². The molecule has 1 aliphatic rings. The van der Waals surface area contributed by atoms with E-state index in [1.165, 1.54) is 0 Å². The molecule has 0 amide bonds. The van der Waals surface area contributed by atoms with E-state index in [1.807, 2.05) is 4.98 Å². The van der Waals surface area contributed by atoms with Gasteiger partial charge in [0.1, 0.15) is 18.9 Å². The number of alkyl halides is 1. The minimum Gasteiger partial charge on any atom is -0.394 e. The highest BCUT2D eigenvalue weighted by atomic mass is 19.1. The SMILES string of the molecule is N[C@]1(C#CCF)C(O)[C@@H](CO)O[C@H]1n1ccc(=O)[nH]c1=O. The number of halogens is 1. The molecule has 0 aliphatic carbocycles. The van der Waals surface area contributed by atoms with E-state index in [1.54, 1.807) is 0 Å². The summed E-state index contributed by atoms with van der Waals surface area (Å²) in [6.07, 6.45) is -2.69. The van der Waals surface area contributed by atoms with Crippen LogP contribution in [0.15, 0.2) is 21.9 Å². The van der Waals surface area contributed by atoms with Crippen molar-refractivity contribution in [1.82, 2.24) is 9.55 Å². The third kappa shape index (κ3) is 2.62. The molecule has 2 rings (SSSR count). The Balaban J connectivity index is 2.53. The number of hydrogen-bond donors (Lipinski definition) is 4. The zero-order valence-electron chi connectivity index (χ0n) is 10.8. The average molecular weight is 299 g/mol. The number of hydrogen-bond acceptors (Lipinski definition) is 6. The van der Waals surface area contributed by atoms with E-state index in [4.69, 9.17) is 15.6 Å². The van der Waals surface area contributed by atoms with Crippen LogP contribution in [-0.4, -0.2) is 50.8 Å². The van der Waals surface area contributed by atoms with Gasteiger partial charge in [-0.25, -0.2) is 9.18 Å². The molecule has 0 spiro atoms. The topological polar surface area (TPSA) is 131 Å². The zero-order chi connectivity index (χ0) is 15.6. The summed E-state index contributed by atoms with van der Waals surface area (Å²) in [5.41, 5.74) is 2.71. The minimum absolute atomic E-state index is 0.563. The lowest BCUT2D eigenvalue weighted by molar-refractivity contribution is -0.0477. The van der Waals surface area contributed by atoms with Gasteiger partial charge in [0.25, 0.3) is 5.56 Å². The van der Waals surface area contributed by atoms with Gasteiger partial charge >= 0.3 is 5.69 Å². The number of H-pyrrole nitrogens is 1. The highest BCUT2D eigenvalue weighted by Crippen LogP contribution is 2.35. The van der Waals surface area contributed by atoms with Crippen LogP contribution in [0, 0.1) is 11.8 Å². The van der Waals surface area contributed by atoms with Gasteiger partial charge in [0, 0.05) is 12.3 Å². The second-order valence-corrected chi connectivity index (χ2v) is 4.54. The summed E-state index contributed by atoms with van der Waals surface area (Å²) in [6.45, 7) is -1.56. The molecule has 0 bridgehead atoms. The smallest absolute Gasteiger partial charge is 0.330 e. The van der Waals surface area contributed by atoms with E-state index in [0.29, 0.717) is 0 Å². The molecule has 114 valence electrons. The molecular weight excluding hydrogens is 285 g/mol. The van der Waals surface area contributed by atoms with E-state index in [9.17, 15) is 19.1 Å². The molecule has 1 saturated heterocycles. The quantitative estimate of drug-likeness (QED) is 0.445. The molecule has 8 nitrogen and oxygen atoms in total. The molecule has 1 aromatic rings. The number of aliphatic hydroxyl groups is 2. The number of rotatable bonds is 2. The van der Waals surface area contributed by atoms with Crippen LogP contribution in [0.1, 0.15) is 6.23 Å². The van der Waals surface area contributed by atoms with Crippen molar-refractivity contribution >= 4 is 0 Å². The first-order chi connectivity index (χ1) is 9.93. The van der Waals surface area contributed by atoms with E-state index in [0.717, 1.165) is 16.8 Å². The average Bonchev–Trinajstić information content (AvgIpc) is 2.70. The van der Waals surface area contributed by atoms with Crippen molar-refractivity contribution in [3.8, 4) is 11.8 Å². The van der Waals surface area contributed by atoms with Crippen molar-refractivity contribution in [3.63, 3.8) is 0 Å². The van der Waals surface area contributed by atoms with E-state index in [-0.39, 0.29) is 0 Å². The van der Waals surface area contributed by atoms with Gasteiger partial charge in [-0.3, -0.25) is 14.3 Å². The lowest BCUT2D eigenvalue weighted by Crippen LogP contribution is -2.55. The fourth-order valence-electron chi connectivity index (χ4n) is 2.18. The van der Waals surface area contributed by atoms with E-state index < -0.39 is 48.5 Å². The van der Waals surface area contributed by atoms with Crippen molar-refractivity contribution in [2.75, 3.05) is 13.3 Å². The summed E-state index contributed by atoms with van der Waals surface area (Å²) in [7, 11) is 0. The molecule has 21 heavy (non-hydrogen) atoms. The van der Waals surface area contributed by atoms with Crippen LogP contribution in [0.2, 0.25) is 0 Å². The lowest BCUT2D eigenvalue weighted by Gasteiger charge is -2.27. The Morgan fingerprint density at radius 2 is 2.29 bits per heavy atom. The normalized spacial score (nSPS) is 31.7. The number of nitrogens with two attached hydrogens (primary N) is 1. The molecular formula is C12H14FN3O5. The molecule has 0 radical (unpaired) electrons. The van der Waals surface area contributed by atoms with Gasteiger partial charge in [-0.2, -0.15) is 0 Å². The monoisotopic (exact) mass is 299 g/mol. The van der Waals surface area contributed by atoms with Crippen LogP contribution in [0.3, 0.4) is 0 Å². The molecule has 1 aromatic heterocycles. The first kappa shape index (κ1) is 15.4. The summed E-state index contributed by atoms with van der Waals surface area (Å²) in [4.78, 5) is 24.9. The molecule has 4 atom stereocenters. The second kappa shape index (κ2) is 5.79. The van der Waals surface area contributed by atoms with Crippen molar-refractivity contribution in [2.45, 2.75) is 24.0 Å². The predicted octanol–water partition coefficient (Wildman–Crippen LogP) is -2.54. The van der Waals surface area contributed by atoms with Crippen molar-refractivity contribution in [1.29, 1.82) is 0 Å². The number of nitrogens with zero attached hydrogens (tertiary/aromatic N) is 1. The van der Waals surface area contributed by atoms with Crippen molar-refractivity contribution in [2.24, 2.45) is 5.73 Å². The Morgan fingerprint density at radius 3 is 2.86 bits per heavy atom. The van der Waals surface area contributed by atoms with Gasteiger partial charge in [-0.15, -0.1) is 0 Å². The molecule has 1 unspecified atom stereocenters. The first-order valence-corrected chi connectivity index (χ1v) is 6.04. The van der Waals surface area contributed by atoms with Crippen LogP contribution in [0.4, 0.5) is 4.39 Å². The van der Waals surface area contributed by atoms with E-state index >= 15 is 0 Å². The summed E-state index contributed by atoms with van der Waals surface area (Å²) in [5, 5.41) is 19.3. The van der Waals surface area contributed by atoms with Crippen molar-refractivity contribution in [3.05, 3.63) is 33.1 Å². The fraction of sp³-hybridized carbons (Fsp3) is 0.500. The van der Waals surface area contributed by atoms with Crippen LogP contribution < -0.4 is 17.0 Å². The molecule has 1 fully saturated rings. The van der Waals surface area contributed by atoms with Gasteiger partial charge in [0.15, 0.2) is 11.8 Å². The largest absolute Gasteiger partial charge is 0.394 e. The van der Waals surface area contributed by atoms with Gasteiger partial charge < -0.3 is 20.7 Å². The maximum atomic E-state index is 12.3. The molecule has 2 heterocycles. The predicted molar refractivity (Wildman–Crippen MR) is 69.0 cm³/mol. The number of nitrogens with one attached hydrogen (secondary N) is 1. The summed E-state index contributed by atoms with van der Waals surface area (Å²) in [5.74, 6) is 4.41. The fourth-order valence-corrected chi connectivity index (χ4v) is 2.18. The summed E-state index contributed by atoms with van der Waals surface area (Å²) < 4.78 is 18.5. The van der Waals surface area contributed by atoms with Crippen LogP contribution in [-0.2, 0) is 4.74 Å². The Kier molecular flexibility index (Phi) is 4.24. The molecule has 9 heteroatoms. The third-order valence-corrected chi connectivity index (χ3v) is 3.21. The molecule has 0 aromatic carbocycles. The Labute approximate surface area is 118 Å². The van der Waals surface area contributed by atoms with E-state index in [2.05, 4.69) is 11.8 Å². The maximum Gasteiger partial charge on any atom is 0.330 e. The number of ether oxygens (including phenoxy) is 1. The lowest BCUT2D eigenvalue weighted by atomic mass is 9.91. The Morgan fingerprint density at radius 1 is 1.57 bits per heavy atom. The minimum atomic E-state index is -1.80. The zero-order valence-corrected chi connectivity index (χ0v) is 10.8. The standard InChI is InChI=1S/C12H14FN3O5/c13-4-1-3-12(14)9(19)7(6-17)21-10(12)16-5-2-8(18)15-11(16)20/h2,5,7,9-10,17,19H,4,6,14H2,(H,15,18,20)/t7-,9?,10-,12-/m1/s1. The Bertz CT molecular complexity index is 690. The van der Waals surface area contributed by atoms with Crippen LogP contribution >= 0.6 is 0 Å². The number of aliphatic hydroxyl groups excluding tert-OH is 2. The highest BCUT2D eigenvalue weighted by Gasteiger charge is 2.54. The van der Waals surface area contributed by atoms with Crippen LogP contribution in [0.5, 0.6) is 0 Å². The van der Waals surface area contributed by atoms with Gasteiger partial charge in [0.05, 0.1) is 6.61 Å². The Hall–Kier alpha value is -1.99. The van der Waals surface area contributed by atoms with Gasteiger partial charge in [-0.05, 0) is 0 Å². The summed E-state index contributed by atoms with van der Waals surface area (Å²) >= 11 is 0. The van der Waals surface area contributed by atoms with Gasteiger partial charge in [-0.1, -0.05) is 11.8 Å². The molecule has 1 aliphatic heterocycles.